The van der Waals surface area contributed by atoms with Gasteiger partial charge in [0.05, 0.1) is 0 Å². The van der Waals surface area contributed by atoms with Gasteiger partial charge in [-0.3, -0.25) is 0 Å². The minimum atomic E-state index is 0. The van der Waals surface area contributed by atoms with Gasteiger partial charge in [0.25, 0.3) is 0 Å². The van der Waals surface area contributed by atoms with E-state index in [1.807, 2.05) is 56.2 Å². The summed E-state index contributed by atoms with van der Waals surface area (Å²) >= 11 is 28.5. The summed E-state index contributed by atoms with van der Waals surface area (Å²) in [6, 6.07) is 0. The fourth-order valence-electron chi connectivity index (χ4n) is 1.45. The molecule has 0 aliphatic carbocycles. The van der Waals surface area contributed by atoms with Gasteiger partial charge in [0, 0.05) is 39.3 Å². The molecule has 10 heteroatoms. The van der Waals surface area contributed by atoms with Crippen LogP contribution in [0.15, 0.2) is 0 Å². The molecule has 0 aliphatic heterocycles. The predicted molar refractivity (Wildman–Crippen MR) is 129 cm³/mol. The molecule has 0 amide bonds. The first-order valence-corrected chi connectivity index (χ1v) is 10.5. The van der Waals surface area contributed by atoms with Gasteiger partial charge in [0.15, 0.2) is 0 Å². The van der Waals surface area contributed by atoms with Gasteiger partial charge >= 0.3 is 17.4 Å². The molecule has 0 aromatic carbocycles. The van der Waals surface area contributed by atoms with Crippen molar-refractivity contribution in [1.29, 1.82) is 0 Å². The number of nitrogens with zero attached hydrogens (tertiary/aromatic N) is 3. The number of thiocarbonyl (C=S) groups is 3. The van der Waals surface area contributed by atoms with E-state index in [-0.39, 0.29) is 17.4 Å². The van der Waals surface area contributed by atoms with Gasteiger partial charge in [-0.05, 0) is 41.5 Å². The average Bonchev–Trinajstić information content (AvgIpc) is 2.51. The Balaban J connectivity index is -0.000000130. The smallest absolute Gasteiger partial charge is 0.411 e. The molecule has 0 aliphatic rings. The second-order valence-corrected chi connectivity index (χ2v) is 7.41. The van der Waals surface area contributed by atoms with Gasteiger partial charge < -0.3 is 89.2 Å². The van der Waals surface area contributed by atoms with E-state index in [0.29, 0.717) is 13.0 Å². The van der Waals surface area contributed by atoms with E-state index < -0.39 is 0 Å². The van der Waals surface area contributed by atoms with Crippen molar-refractivity contribution < 1.29 is 17.4 Å². The summed E-state index contributed by atoms with van der Waals surface area (Å²) < 4.78 is 1.74. The molecule has 3 nitrogen and oxygen atoms in total. The summed E-state index contributed by atoms with van der Waals surface area (Å²) in [5.41, 5.74) is 0. The average molecular weight is 497 g/mol. The monoisotopic (exact) mass is 496 g/mol. The molecule has 0 saturated carbocycles. The van der Waals surface area contributed by atoms with Crippen LogP contribution in [0.5, 0.6) is 0 Å². The van der Waals surface area contributed by atoms with Gasteiger partial charge in [-0.1, -0.05) is 13.0 Å². The van der Waals surface area contributed by atoms with E-state index in [2.05, 4.69) is 0 Å². The van der Waals surface area contributed by atoms with Crippen LogP contribution in [0.1, 0.15) is 41.5 Å². The maximum atomic E-state index is 4.76. The number of rotatable bonds is 6. The van der Waals surface area contributed by atoms with Crippen LogP contribution in [0.2, 0.25) is 0 Å². The first kappa shape index (κ1) is 33.4. The Morgan fingerprint density at radius 1 is 0.520 bits per heavy atom. The zero-order chi connectivity index (χ0) is 19.7. The third-order valence-electron chi connectivity index (χ3n) is 3.06. The van der Waals surface area contributed by atoms with Crippen LogP contribution in [0.25, 0.3) is 0 Å². The molecular formula is C15H30CrN3S6. The summed E-state index contributed by atoms with van der Waals surface area (Å²) in [5, 5.41) is 0. The molecule has 0 rings (SSSR count). The zero-order valence-electron chi connectivity index (χ0n) is 15.9. The second kappa shape index (κ2) is 22.9. The summed E-state index contributed by atoms with van der Waals surface area (Å²) in [6.07, 6.45) is 0. The van der Waals surface area contributed by atoms with Gasteiger partial charge in [-0.15, -0.1) is 0 Å². The first-order chi connectivity index (χ1) is 11.2. The predicted octanol–water partition coefficient (Wildman–Crippen LogP) is 3.48. The van der Waals surface area contributed by atoms with E-state index >= 15 is 0 Å². The van der Waals surface area contributed by atoms with Crippen LogP contribution in [-0.2, 0) is 55.2 Å². The maximum absolute atomic E-state index is 4.76. The largest absolute Gasteiger partial charge is 3.00 e. The Bertz CT molecular complexity index is 294. The Morgan fingerprint density at radius 3 is 0.640 bits per heavy atom. The molecule has 0 unspecified atom stereocenters. The van der Waals surface area contributed by atoms with Crippen molar-refractivity contribution in [3.63, 3.8) is 0 Å². The van der Waals surface area contributed by atoms with Gasteiger partial charge in [-0.25, -0.2) is 0 Å². The molecule has 1 radical (unpaired) electrons. The quantitative estimate of drug-likeness (QED) is 0.400. The van der Waals surface area contributed by atoms with Gasteiger partial charge in [0.2, 0.25) is 0 Å². The second-order valence-electron chi connectivity index (χ2n) is 4.31. The van der Waals surface area contributed by atoms with E-state index in [4.69, 9.17) is 74.5 Å². The summed E-state index contributed by atoms with van der Waals surface area (Å²) in [6.45, 7) is 17.8. The SMILES string of the molecule is CCN(CC)C(=S)[S-].CCN(CC)C(=S)[S-].CCN(CC)C(=S)[S-].[Cr+3]. The Kier molecular flexibility index (Phi) is 30.6. The molecule has 0 spiro atoms. The molecule has 0 heterocycles. The van der Waals surface area contributed by atoms with E-state index in [0.717, 1.165) is 39.3 Å². The van der Waals surface area contributed by atoms with Crippen LogP contribution < -0.4 is 0 Å². The Hall–Kier alpha value is 0.862. The maximum Gasteiger partial charge on any atom is 3.00 e. The van der Waals surface area contributed by atoms with Crippen molar-refractivity contribution in [3.8, 4) is 0 Å². The molecule has 0 aromatic heterocycles. The number of hydrogen-bond donors (Lipinski definition) is 0. The summed E-state index contributed by atoms with van der Waals surface area (Å²) in [7, 11) is 0. The molecule has 0 fully saturated rings. The van der Waals surface area contributed by atoms with Crippen LogP contribution in [0, 0.1) is 0 Å². The van der Waals surface area contributed by atoms with E-state index in [1.54, 1.807) is 0 Å². The molecule has 0 bridgehead atoms. The minimum absolute atomic E-state index is 0. The topological polar surface area (TPSA) is 9.72 Å². The number of hydrogen-bond acceptors (Lipinski definition) is 6. The molecule has 0 N–H and O–H groups in total. The van der Waals surface area contributed by atoms with E-state index in [1.165, 1.54) is 0 Å². The molecule has 0 saturated heterocycles. The van der Waals surface area contributed by atoms with Crippen LogP contribution in [-0.4, -0.2) is 66.9 Å². The Labute approximate surface area is 199 Å². The fraction of sp³-hybridized carbons (Fsp3) is 0.800. The van der Waals surface area contributed by atoms with Gasteiger partial charge in [-0.2, -0.15) is 0 Å². The molecular weight excluding hydrogens is 467 g/mol. The standard InChI is InChI=1S/3C5H11NS2.Cr/c3*1-3-6(4-2)5(7)8;/h3*3-4H2,1-2H3,(H,7,8);/q;;;+3/p-3. The van der Waals surface area contributed by atoms with Gasteiger partial charge in [0.1, 0.15) is 0 Å². The summed E-state index contributed by atoms with van der Waals surface area (Å²) in [4.78, 5) is 5.89. The molecule has 147 valence electrons. The Morgan fingerprint density at radius 2 is 0.640 bits per heavy atom. The van der Waals surface area contributed by atoms with Crippen molar-refractivity contribution in [3.05, 3.63) is 0 Å². The van der Waals surface area contributed by atoms with Crippen LogP contribution in [0.3, 0.4) is 0 Å². The zero-order valence-corrected chi connectivity index (χ0v) is 22.1. The van der Waals surface area contributed by atoms with Crippen molar-refractivity contribution in [2.24, 2.45) is 0 Å². The normalized spacial score (nSPS) is 8.40. The third-order valence-corrected chi connectivity index (χ3v) is 4.61. The van der Waals surface area contributed by atoms with Crippen molar-refractivity contribution >= 4 is 87.5 Å². The fourth-order valence-corrected chi connectivity index (χ4v) is 2.99. The van der Waals surface area contributed by atoms with Crippen LogP contribution in [0.4, 0.5) is 0 Å². The van der Waals surface area contributed by atoms with Crippen molar-refractivity contribution in [2.45, 2.75) is 41.5 Å². The van der Waals surface area contributed by atoms with Crippen molar-refractivity contribution in [1.82, 2.24) is 14.7 Å². The van der Waals surface area contributed by atoms with Crippen molar-refractivity contribution in [2.75, 3.05) is 39.3 Å². The summed E-state index contributed by atoms with van der Waals surface area (Å²) in [5.74, 6) is 0. The van der Waals surface area contributed by atoms with E-state index in [9.17, 15) is 0 Å². The first-order valence-electron chi connectivity index (χ1n) is 8.04. The minimum Gasteiger partial charge on any atom is -0.411 e. The van der Waals surface area contributed by atoms with Crippen LogP contribution >= 0.6 is 36.7 Å². The molecule has 0 atom stereocenters. The molecule has 25 heavy (non-hydrogen) atoms. The molecule has 0 aromatic rings. The third kappa shape index (κ3) is 21.0.